The van der Waals surface area contributed by atoms with E-state index in [1.165, 1.54) is 0 Å². The fourth-order valence-electron chi connectivity index (χ4n) is 4.13. The first-order chi connectivity index (χ1) is 13.5. The van der Waals surface area contributed by atoms with Crippen molar-refractivity contribution in [3.63, 3.8) is 0 Å². The summed E-state index contributed by atoms with van der Waals surface area (Å²) >= 11 is 0. The molecule has 28 heavy (non-hydrogen) atoms. The molecular weight excluding hydrogens is 356 g/mol. The summed E-state index contributed by atoms with van der Waals surface area (Å²) in [6.07, 6.45) is 6.35. The van der Waals surface area contributed by atoms with Crippen LogP contribution in [0.2, 0.25) is 0 Å². The number of nitrogens with zero attached hydrogens (tertiary/aromatic N) is 4. The molecule has 2 atom stereocenters. The predicted molar refractivity (Wildman–Crippen MR) is 104 cm³/mol. The molecule has 5 rings (SSSR count). The molecule has 1 amide bonds. The van der Waals surface area contributed by atoms with E-state index in [0.717, 1.165) is 54.0 Å². The smallest absolute Gasteiger partial charge is 0.229 e. The molecular formula is C20H24N6O2. The summed E-state index contributed by atoms with van der Waals surface area (Å²) in [5.74, 6) is 0.487. The third kappa shape index (κ3) is 2.67. The maximum Gasteiger partial charge on any atom is 0.229 e. The van der Waals surface area contributed by atoms with Crippen LogP contribution in [0.5, 0.6) is 5.75 Å². The van der Waals surface area contributed by atoms with Crippen molar-refractivity contribution in [3.8, 4) is 17.0 Å². The summed E-state index contributed by atoms with van der Waals surface area (Å²) < 4.78 is 9.86. The number of nitrogens with two attached hydrogens (primary N) is 1. The average molecular weight is 380 g/mol. The molecule has 2 aliphatic rings. The topological polar surface area (TPSA) is 99.5 Å². The summed E-state index contributed by atoms with van der Waals surface area (Å²) in [4.78, 5) is 11.8. The van der Waals surface area contributed by atoms with Crippen molar-refractivity contribution in [2.24, 2.45) is 12.8 Å². The van der Waals surface area contributed by atoms with Crippen LogP contribution in [0, 0.1) is 0 Å². The van der Waals surface area contributed by atoms with Crippen LogP contribution < -0.4 is 15.8 Å². The number of carbonyl (C=O) groups excluding carboxylic acids is 1. The Kier molecular flexibility index (Phi) is 3.74. The van der Waals surface area contributed by atoms with Crippen LogP contribution in [0.1, 0.15) is 31.9 Å². The lowest BCUT2D eigenvalue weighted by Crippen LogP contribution is -2.28. The largest absolute Gasteiger partial charge is 0.485 e. The molecule has 0 aromatic carbocycles. The Labute approximate surface area is 162 Å². The maximum atomic E-state index is 11.8. The van der Waals surface area contributed by atoms with E-state index in [1.807, 2.05) is 36.1 Å². The number of pyridine rings is 1. The maximum absolute atomic E-state index is 11.8. The molecule has 1 aliphatic carbocycles. The number of hydrogen-bond acceptors (Lipinski definition) is 5. The normalized spacial score (nSPS) is 23.2. The summed E-state index contributed by atoms with van der Waals surface area (Å²) in [6, 6.07) is 6.47. The third-order valence-electron chi connectivity index (χ3n) is 5.96. The van der Waals surface area contributed by atoms with E-state index in [9.17, 15) is 4.79 Å². The van der Waals surface area contributed by atoms with E-state index in [1.54, 1.807) is 10.7 Å². The minimum Gasteiger partial charge on any atom is -0.485 e. The monoisotopic (exact) mass is 380 g/mol. The SMILES string of the molecule is C[C@H]1C[C@H](Oc2cnn(C)c2-c2ccn3nc(C4(C(N)=O)CC4)cc3c2)CN1. The first-order valence-electron chi connectivity index (χ1n) is 9.68. The molecule has 0 unspecified atom stereocenters. The average Bonchev–Trinajstić information content (AvgIpc) is 3.01. The molecule has 8 heteroatoms. The van der Waals surface area contributed by atoms with Gasteiger partial charge in [-0.1, -0.05) is 0 Å². The number of nitrogens with one attached hydrogen (secondary N) is 1. The molecule has 146 valence electrons. The van der Waals surface area contributed by atoms with Gasteiger partial charge in [-0.15, -0.1) is 0 Å². The molecule has 3 aromatic heterocycles. The zero-order valence-electron chi connectivity index (χ0n) is 16.1. The van der Waals surface area contributed by atoms with Crippen molar-refractivity contribution in [1.82, 2.24) is 24.7 Å². The number of carbonyl (C=O) groups is 1. The van der Waals surface area contributed by atoms with E-state index < -0.39 is 5.41 Å². The Morgan fingerprint density at radius 3 is 2.89 bits per heavy atom. The van der Waals surface area contributed by atoms with Gasteiger partial charge in [-0.25, -0.2) is 4.52 Å². The Morgan fingerprint density at radius 2 is 2.21 bits per heavy atom. The highest BCUT2D eigenvalue weighted by Crippen LogP contribution is 2.47. The van der Waals surface area contributed by atoms with Crippen molar-refractivity contribution >= 4 is 11.4 Å². The molecule has 3 N–H and O–H groups in total. The Bertz CT molecular complexity index is 1060. The molecule has 0 radical (unpaired) electrons. The molecule has 8 nitrogen and oxygen atoms in total. The number of ether oxygens (including phenoxy) is 1. The van der Waals surface area contributed by atoms with Gasteiger partial charge in [0, 0.05) is 37.8 Å². The van der Waals surface area contributed by atoms with Gasteiger partial charge in [-0.2, -0.15) is 10.2 Å². The lowest BCUT2D eigenvalue weighted by Gasteiger charge is -2.13. The van der Waals surface area contributed by atoms with Gasteiger partial charge in [0.1, 0.15) is 11.8 Å². The zero-order chi connectivity index (χ0) is 19.5. The van der Waals surface area contributed by atoms with Gasteiger partial charge in [-0.05, 0) is 38.0 Å². The second-order valence-electron chi connectivity index (χ2n) is 8.03. The van der Waals surface area contributed by atoms with E-state index >= 15 is 0 Å². The molecule has 0 bridgehead atoms. The van der Waals surface area contributed by atoms with Crippen LogP contribution in [0.4, 0.5) is 0 Å². The molecule has 0 spiro atoms. The summed E-state index contributed by atoms with van der Waals surface area (Å²) in [5.41, 5.74) is 8.62. The zero-order valence-corrected chi connectivity index (χ0v) is 16.1. The minimum atomic E-state index is -0.584. The second kappa shape index (κ2) is 6.07. The van der Waals surface area contributed by atoms with Crippen LogP contribution in [0.15, 0.2) is 30.6 Å². The highest BCUT2D eigenvalue weighted by Gasteiger charge is 2.52. The lowest BCUT2D eigenvalue weighted by atomic mass is 10.0. The number of fused-ring (bicyclic) bond motifs is 1. The first-order valence-corrected chi connectivity index (χ1v) is 9.68. The number of aromatic nitrogens is 4. The van der Waals surface area contributed by atoms with Gasteiger partial charge >= 0.3 is 0 Å². The number of amides is 1. The Hall–Kier alpha value is -2.87. The summed E-state index contributed by atoms with van der Waals surface area (Å²) in [5, 5.41) is 12.4. The van der Waals surface area contributed by atoms with Crippen molar-refractivity contribution < 1.29 is 9.53 Å². The van der Waals surface area contributed by atoms with E-state index in [2.05, 4.69) is 22.4 Å². The number of rotatable bonds is 5. The molecule has 1 aliphatic heterocycles. The molecule has 1 saturated carbocycles. The fourth-order valence-corrected chi connectivity index (χ4v) is 4.13. The fraction of sp³-hybridized carbons (Fsp3) is 0.450. The van der Waals surface area contributed by atoms with Crippen molar-refractivity contribution in [2.45, 2.75) is 43.7 Å². The summed E-state index contributed by atoms with van der Waals surface area (Å²) in [6.45, 7) is 3.01. The number of aryl methyl sites for hydroxylation is 1. The van der Waals surface area contributed by atoms with Gasteiger partial charge < -0.3 is 15.8 Å². The van der Waals surface area contributed by atoms with E-state index in [4.69, 9.17) is 10.5 Å². The second-order valence-corrected chi connectivity index (χ2v) is 8.03. The van der Waals surface area contributed by atoms with Gasteiger partial charge in [-0.3, -0.25) is 9.48 Å². The van der Waals surface area contributed by atoms with E-state index in [-0.39, 0.29) is 12.0 Å². The predicted octanol–water partition coefficient (Wildman–Crippen LogP) is 1.38. The van der Waals surface area contributed by atoms with Gasteiger partial charge in [0.25, 0.3) is 0 Å². The van der Waals surface area contributed by atoms with Gasteiger partial charge in [0.05, 0.1) is 22.8 Å². The van der Waals surface area contributed by atoms with Crippen LogP contribution >= 0.6 is 0 Å². The van der Waals surface area contributed by atoms with Crippen molar-refractivity contribution in [1.29, 1.82) is 0 Å². The minimum absolute atomic E-state index is 0.147. The van der Waals surface area contributed by atoms with Gasteiger partial charge in [0.15, 0.2) is 5.75 Å². The highest BCUT2D eigenvalue weighted by molar-refractivity contribution is 5.89. The van der Waals surface area contributed by atoms with E-state index in [0.29, 0.717) is 6.04 Å². The molecule has 3 aromatic rings. The summed E-state index contributed by atoms with van der Waals surface area (Å²) in [7, 11) is 1.91. The van der Waals surface area contributed by atoms with Crippen LogP contribution in [-0.4, -0.2) is 44.0 Å². The highest BCUT2D eigenvalue weighted by atomic mass is 16.5. The molecule has 2 fully saturated rings. The lowest BCUT2D eigenvalue weighted by molar-refractivity contribution is -0.120. The molecule has 4 heterocycles. The quantitative estimate of drug-likeness (QED) is 0.697. The third-order valence-corrected chi connectivity index (χ3v) is 5.96. The van der Waals surface area contributed by atoms with Crippen LogP contribution in [0.25, 0.3) is 16.8 Å². The standard InChI is InChI=1S/C20H24N6O2/c1-12-7-15(10-22-12)28-16-11-23-25(2)18(16)13-3-6-26-14(8-13)9-17(24-26)20(4-5-20)19(21)27/h3,6,8-9,11-12,15,22H,4-5,7,10H2,1-2H3,(H2,21,27)/t12-,15-/m0/s1. The Morgan fingerprint density at radius 1 is 1.39 bits per heavy atom. The Balaban J connectivity index is 1.50. The van der Waals surface area contributed by atoms with Crippen LogP contribution in [0.3, 0.4) is 0 Å². The number of hydrogen-bond donors (Lipinski definition) is 2. The van der Waals surface area contributed by atoms with Crippen LogP contribution in [-0.2, 0) is 17.3 Å². The number of primary amides is 1. The van der Waals surface area contributed by atoms with Crippen molar-refractivity contribution in [2.75, 3.05) is 6.54 Å². The first kappa shape index (κ1) is 17.2. The molecule has 1 saturated heterocycles. The van der Waals surface area contributed by atoms with Gasteiger partial charge in [0.2, 0.25) is 5.91 Å². The van der Waals surface area contributed by atoms with Crippen molar-refractivity contribution in [3.05, 3.63) is 36.3 Å².